The summed E-state index contributed by atoms with van der Waals surface area (Å²) >= 11 is -2.77. The van der Waals surface area contributed by atoms with Crippen molar-refractivity contribution in [2.24, 2.45) is 0 Å². The number of allylic oxidation sites excluding steroid dienone is 4. The van der Waals surface area contributed by atoms with Crippen LogP contribution in [0.25, 0.3) is 16.5 Å². The quantitative estimate of drug-likeness (QED) is 0.459. The van der Waals surface area contributed by atoms with E-state index in [0.717, 1.165) is 6.42 Å². The van der Waals surface area contributed by atoms with Crippen molar-refractivity contribution in [2.75, 3.05) is 0 Å². The fourth-order valence-corrected chi connectivity index (χ4v) is 2.30. The third-order valence-corrected chi connectivity index (χ3v) is 3.37. The van der Waals surface area contributed by atoms with Gasteiger partial charge in [0.05, 0.1) is 0 Å². The normalized spacial score (nSPS) is 11.9. The third-order valence-electron chi connectivity index (χ3n) is 3.37. The first-order valence-corrected chi connectivity index (χ1v) is 9.09. The molecule has 0 aliphatic heterocycles. The topological polar surface area (TPSA) is 4.93 Å². The number of aromatic nitrogens is 1. The zero-order valence-electron chi connectivity index (χ0n) is 12.8. The molecule has 1 aliphatic carbocycles. The maximum atomic E-state index is 9.80. The van der Waals surface area contributed by atoms with Crippen LogP contribution in [-0.2, 0) is 24.5 Å². The molecule has 116 valence electrons. The van der Waals surface area contributed by atoms with Crippen LogP contribution in [0.4, 0.5) is 5.25 Å². The van der Waals surface area contributed by atoms with E-state index in [9.17, 15) is 5.25 Å². The maximum Gasteiger partial charge on any atom is 0.00705 e. The summed E-state index contributed by atoms with van der Waals surface area (Å²) in [5, 5.41) is 2.60. The monoisotopic (exact) mass is 387 g/mol. The van der Waals surface area contributed by atoms with Gasteiger partial charge in [-0.3, -0.25) is 6.08 Å². The first kappa shape index (κ1) is 17.7. The molecule has 0 spiro atoms. The molecule has 4 heteroatoms. The van der Waals surface area contributed by atoms with Gasteiger partial charge in [-0.2, -0.15) is 6.08 Å². The molecule has 1 heterocycles. The van der Waals surface area contributed by atoms with Gasteiger partial charge < -0.3 is 4.57 Å². The molecule has 1 aliphatic rings. The fraction of sp³-hybridized carbons (Fsp3) is 0.105. The van der Waals surface area contributed by atoms with Crippen molar-refractivity contribution in [3.8, 4) is 5.69 Å². The molecule has 0 saturated heterocycles. The summed E-state index contributed by atoms with van der Waals surface area (Å²) in [6.45, 7) is 2.06. The Labute approximate surface area is 148 Å². The molecule has 0 amide bonds. The van der Waals surface area contributed by atoms with E-state index in [1.807, 2.05) is 12.1 Å². The van der Waals surface area contributed by atoms with Gasteiger partial charge in [0, 0.05) is 12.4 Å². The summed E-state index contributed by atoms with van der Waals surface area (Å²) in [4.78, 5) is 0. The van der Waals surface area contributed by atoms with E-state index < -0.39 is 24.5 Å². The van der Waals surface area contributed by atoms with Crippen LogP contribution in [0, 0.1) is 6.08 Å². The molecule has 23 heavy (non-hydrogen) atoms. The Morgan fingerprint density at radius 1 is 1.13 bits per heavy atom. The predicted molar refractivity (Wildman–Crippen MR) is 87.3 cm³/mol. The van der Waals surface area contributed by atoms with Crippen LogP contribution < -0.4 is 0 Å². The molecule has 1 nitrogen and oxygen atoms in total. The van der Waals surface area contributed by atoms with Crippen LogP contribution in [0.15, 0.2) is 78.6 Å². The molecular formula is C19H17F2NZr. The van der Waals surface area contributed by atoms with Gasteiger partial charge in [0.2, 0.25) is 0 Å². The average molecular weight is 389 g/mol. The zero-order chi connectivity index (χ0) is 16.5. The molecule has 0 radical (unpaired) electrons. The van der Waals surface area contributed by atoms with Crippen LogP contribution in [0.5, 0.6) is 0 Å². The van der Waals surface area contributed by atoms with Crippen molar-refractivity contribution in [1.82, 2.24) is 4.57 Å². The number of halogens is 2. The van der Waals surface area contributed by atoms with Gasteiger partial charge in [-0.05, 0) is 17.8 Å². The van der Waals surface area contributed by atoms with Gasteiger partial charge in [-0.1, -0.05) is 13.0 Å². The van der Waals surface area contributed by atoms with Crippen molar-refractivity contribution < 1.29 is 29.7 Å². The second-order valence-corrected chi connectivity index (χ2v) is 5.32. The van der Waals surface area contributed by atoms with Crippen LogP contribution in [0.2, 0.25) is 0 Å². The van der Waals surface area contributed by atoms with E-state index in [1.165, 1.54) is 22.0 Å². The number of hydrogen-bond acceptors (Lipinski definition) is 0. The Morgan fingerprint density at radius 3 is 2.35 bits per heavy atom. The average Bonchev–Trinajstić information content (AvgIpc) is 3.29. The first-order valence-electron chi connectivity index (χ1n) is 7.23. The van der Waals surface area contributed by atoms with Gasteiger partial charge in [0.15, 0.2) is 0 Å². The van der Waals surface area contributed by atoms with Crippen molar-refractivity contribution in [3.05, 3.63) is 84.7 Å². The Kier molecular flexibility index (Phi) is 7.28. The number of fused-ring (bicyclic) bond motifs is 1. The SMILES string of the molecule is CC1=[C-]CC=C1.[F][Zr+2][F].c1ccc2[cH-]c(-n3cccc3)cc2c1. The minimum absolute atomic E-state index is 1.02. The molecule has 4 rings (SSSR count). The zero-order valence-corrected chi connectivity index (χ0v) is 15.3. The Hall–Kier alpha value is -1.67. The minimum Gasteiger partial charge on any atom is -0.342 e. The third kappa shape index (κ3) is 5.47. The van der Waals surface area contributed by atoms with E-state index >= 15 is 0 Å². The molecule has 0 saturated carbocycles. The Bertz CT molecular complexity index is 734. The van der Waals surface area contributed by atoms with E-state index in [0.29, 0.717) is 0 Å². The Balaban J connectivity index is 0.000000178. The van der Waals surface area contributed by atoms with Crippen molar-refractivity contribution in [2.45, 2.75) is 13.3 Å². The molecule has 0 fully saturated rings. The summed E-state index contributed by atoms with van der Waals surface area (Å²) in [6, 6.07) is 16.9. The van der Waals surface area contributed by atoms with Crippen LogP contribution >= 0.6 is 0 Å². The number of hydrogen-bond donors (Lipinski definition) is 0. The molecule has 0 atom stereocenters. The molecule has 0 unspecified atom stereocenters. The second kappa shape index (κ2) is 9.47. The van der Waals surface area contributed by atoms with Crippen LogP contribution in [0.1, 0.15) is 13.3 Å². The first-order chi connectivity index (χ1) is 11.2. The predicted octanol–water partition coefficient (Wildman–Crippen LogP) is 5.88. The summed E-state index contributed by atoms with van der Waals surface area (Å²) in [6.07, 6.45) is 12.5. The molecule has 1 aromatic heterocycles. The fourth-order valence-electron chi connectivity index (χ4n) is 2.30. The number of rotatable bonds is 1. The van der Waals surface area contributed by atoms with E-state index in [4.69, 9.17) is 0 Å². The molecule has 2 aromatic carbocycles. The summed E-state index contributed by atoms with van der Waals surface area (Å²) < 4.78 is 21.7. The standard InChI is InChI=1S/C13H10N.C6H7.2FH.Zr/c1-2-6-12-10-13(9-11(12)5-1)14-7-3-4-8-14;1-6-4-2-3-5-6;;;/h1-10H;2,4H,3H2,1H3;2*1H;/q2*-1;;;+4/p-2. The summed E-state index contributed by atoms with van der Waals surface area (Å²) in [7, 11) is 0. The minimum atomic E-state index is -2.77. The van der Waals surface area contributed by atoms with Crippen molar-refractivity contribution >= 4 is 10.8 Å². The van der Waals surface area contributed by atoms with Gasteiger partial charge in [-0.15, -0.1) is 47.5 Å². The van der Waals surface area contributed by atoms with Crippen molar-refractivity contribution in [1.29, 1.82) is 0 Å². The molecule has 0 bridgehead atoms. The smallest absolute Gasteiger partial charge is 0.00705 e. The van der Waals surface area contributed by atoms with Gasteiger partial charge >= 0.3 is 29.7 Å². The number of nitrogens with zero attached hydrogens (tertiary/aromatic N) is 1. The molecular weight excluding hydrogens is 371 g/mol. The second-order valence-electron chi connectivity index (χ2n) is 4.97. The summed E-state index contributed by atoms with van der Waals surface area (Å²) in [5.74, 6) is 0. The Morgan fingerprint density at radius 2 is 1.83 bits per heavy atom. The van der Waals surface area contributed by atoms with Crippen LogP contribution in [0.3, 0.4) is 0 Å². The van der Waals surface area contributed by atoms with E-state index in [2.05, 4.69) is 78.5 Å². The summed E-state index contributed by atoms with van der Waals surface area (Å²) in [5.41, 5.74) is 2.51. The molecule has 0 N–H and O–H groups in total. The van der Waals surface area contributed by atoms with Gasteiger partial charge in [0.25, 0.3) is 0 Å². The van der Waals surface area contributed by atoms with Crippen LogP contribution in [-0.4, -0.2) is 4.57 Å². The number of benzene rings is 1. The van der Waals surface area contributed by atoms with Gasteiger partial charge in [-0.25, -0.2) is 11.6 Å². The van der Waals surface area contributed by atoms with E-state index in [-0.39, 0.29) is 0 Å². The van der Waals surface area contributed by atoms with Crippen molar-refractivity contribution in [3.63, 3.8) is 0 Å². The van der Waals surface area contributed by atoms with E-state index in [1.54, 1.807) is 0 Å². The molecule has 3 aromatic rings. The maximum absolute atomic E-state index is 9.80. The van der Waals surface area contributed by atoms with Gasteiger partial charge in [0.1, 0.15) is 0 Å². The largest absolute Gasteiger partial charge is 0.342 e.